The van der Waals surface area contributed by atoms with Gasteiger partial charge >= 0.3 is 0 Å². The second kappa shape index (κ2) is 6.69. The largest absolute Gasteiger partial charge is 0.378 e. The normalized spacial score (nSPS) is 19.1. The molecule has 2 rings (SSSR count). The standard InChI is InChI=1S/C16H22O2/c1-13-4-2-5-14(12-13)7-8-15(17)9-10-16-6-3-11-18-16/h2,4-5,12,16H,3,6-11H2,1H3. The molecule has 1 fully saturated rings. The minimum atomic E-state index is 0.341. The number of ether oxygens (including phenoxy) is 1. The highest BCUT2D eigenvalue weighted by molar-refractivity contribution is 5.78. The van der Waals surface area contributed by atoms with Gasteiger partial charge in [-0.3, -0.25) is 4.79 Å². The van der Waals surface area contributed by atoms with Crippen LogP contribution in [0.15, 0.2) is 24.3 Å². The van der Waals surface area contributed by atoms with E-state index in [0.29, 0.717) is 24.7 Å². The minimum absolute atomic E-state index is 0.341. The maximum atomic E-state index is 11.8. The predicted octanol–water partition coefficient (Wildman–Crippen LogP) is 3.46. The Kier molecular flexibility index (Phi) is 4.94. The number of carbonyl (C=O) groups excluding carboxylic acids is 1. The summed E-state index contributed by atoms with van der Waals surface area (Å²) < 4.78 is 5.53. The van der Waals surface area contributed by atoms with Crippen LogP contribution in [0.4, 0.5) is 0 Å². The van der Waals surface area contributed by atoms with E-state index in [1.54, 1.807) is 0 Å². The quantitative estimate of drug-likeness (QED) is 0.768. The van der Waals surface area contributed by atoms with Gasteiger partial charge in [0, 0.05) is 19.4 Å². The number of hydrogen-bond donors (Lipinski definition) is 0. The number of carbonyl (C=O) groups is 1. The Morgan fingerprint density at radius 3 is 3.00 bits per heavy atom. The van der Waals surface area contributed by atoms with E-state index in [1.807, 2.05) is 0 Å². The number of hydrogen-bond acceptors (Lipinski definition) is 2. The molecule has 1 atom stereocenters. The van der Waals surface area contributed by atoms with Crippen molar-refractivity contribution in [1.82, 2.24) is 0 Å². The molecule has 0 aromatic heterocycles. The predicted molar refractivity (Wildman–Crippen MR) is 72.7 cm³/mol. The van der Waals surface area contributed by atoms with Crippen LogP contribution in [0.2, 0.25) is 0 Å². The van der Waals surface area contributed by atoms with Gasteiger partial charge < -0.3 is 4.74 Å². The molecule has 0 bridgehead atoms. The zero-order chi connectivity index (χ0) is 12.8. The van der Waals surface area contributed by atoms with Crippen LogP contribution in [-0.4, -0.2) is 18.5 Å². The van der Waals surface area contributed by atoms with Gasteiger partial charge in [-0.2, -0.15) is 0 Å². The molecule has 0 radical (unpaired) electrons. The third-order valence-electron chi connectivity index (χ3n) is 3.54. The van der Waals surface area contributed by atoms with Crippen molar-refractivity contribution in [2.24, 2.45) is 0 Å². The van der Waals surface area contributed by atoms with E-state index in [9.17, 15) is 4.79 Å². The fourth-order valence-corrected chi connectivity index (χ4v) is 2.47. The van der Waals surface area contributed by atoms with E-state index in [0.717, 1.165) is 32.3 Å². The lowest BCUT2D eigenvalue weighted by atomic mass is 10.0. The summed E-state index contributed by atoms with van der Waals surface area (Å²) in [6, 6.07) is 8.40. The Morgan fingerprint density at radius 2 is 2.28 bits per heavy atom. The van der Waals surface area contributed by atoms with Crippen LogP contribution in [0.25, 0.3) is 0 Å². The Bertz CT molecular complexity index is 392. The van der Waals surface area contributed by atoms with E-state index in [2.05, 4.69) is 31.2 Å². The molecule has 1 aliphatic rings. The third kappa shape index (κ3) is 4.26. The maximum Gasteiger partial charge on any atom is 0.133 e. The summed E-state index contributed by atoms with van der Waals surface area (Å²) in [7, 11) is 0. The van der Waals surface area contributed by atoms with Crippen LogP contribution in [0.1, 0.15) is 43.2 Å². The number of Topliss-reactive ketones (excluding diaryl/α,β-unsaturated/α-hetero) is 1. The molecule has 0 spiro atoms. The average molecular weight is 246 g/mol. The first kappa shape index (κ1) is 13.3. The highest BCUT2D eigenvalue weighted by atomic mass is 16.5. The minimum Gasteiger partial charge on any atom is -0.378 e. The topological polar surface area (TPSA) is 26.3 Å². The molecule has 1 aromatic rings. The summed E-state index contributed by atoms with van der Waals surface area (Å²) in [5.41, 5.74) is 2.53. The van der Waals surface area contributed by atoms with Crippen molar-refractivity contribution in [1.29, 1.82) is 0 Å². The summed E-state index contributed by atoms with van der Waals surface area (Å²) in [4.78, 5) is 11.8. The molecule has 0 N–H and O–H groups in total. The lowest BCUT2D eigenvalue weighted by Crippen LogP contribution is -2.09. The van der Waals surface area contributed by atoms with E-state index in [1.165, 1.54) is 11.1 Å². The van der Waals surface area contributed by atoms with E-state index in [-0.39, 0.29) is 0 Å². The first-order valence-corrected chi connectivity index (χ1v) is 6.93. The van der Waals surface area contributed by atoms with Gasteiger partial charge in [0.05, 0.1) is 6.10 Å². The first-order valence-electron chi connectivity index (χ1n) is 6.93. The molecule has 2 heteroatoms. The van der Waals surface area contributed by atoms with Crippen LogP contribution >= 0.6 is 0 Å². The van der Waals surface area contributed by atoms with E-state index in [4.69, 9.17) is 4.74 Å². The van der Waals surface area contributed by atoms with E-state index >= 15 is 0 Å². The van der Waals surface area contributed by atoms with Gasteiger partial charge in [-0.1, -0.05) is 29.8 Å². The number of benzene rings is 1. The van der Waals surface area contributed by atoms with Gasteiger partial charge in [-0.25, -0.2) is 0 Å². The summed E-state index contributed by atoms with van der Waals surface area (Å²) >= 11 is 0. The summed E-state index contributed by atoms with van der Waals surface area (Å²) in [6.45, 7) is 2.96. The van der Waals surface area contributed by atoms with Crippen molar-refractivity contribution in [3.63, 3.8) is 0 Å². The zero-order valence-electron chi connectivity index (χ0n) is 11.2. The maximum absolute atomic E-state index is 11.8. The highest BCUT2D eigenvalue weighted by Gasteiger charge is 2.16. The molecule has 0 saturated carbocycles. The average Bonchev–Trinajstić information content (AvgIpc) is 2.87. The van der Waals surface area contributed by atoms with Gasteiger partial charge in [0.15, 0.2) is 0 Å². The Labute approximate surface area is 109 Å². The molecule has 98 valence electrons. The van der Waals surface area contributed by atoms with Crippen molar-refractivity contribution in [2.75, 3.05) is 6.61 Å². The molecule has 1 heterocycles. The summed E-state index contributed by atoms with van der Waals surface area (Å²) in [5, 5.41) is 0. The summed E-state index contributed by atoms with van der Waals surface area (Å²) in [6.07, 6.45) is 5.74. The van der Waals surface area contributed by atoms with Crippen LogP contribution in [-0.2, 0) is 16.0 Å². The second-order valence-corrected chi connectivity index (χ2v) is 5.20. The monoisotopic (exact) mass is 246 g/mol. The van der Waals surface area contributed by atoms with Crippen molar-refractivity contribution >= 4 is 5.78 Å². The van der Waals surface area contributed by atoms with Crippen molar-refractivity contribution in [2.45, 2.75) is 51.6 Å². The van der Waals surface area contributed by atoms with Gasteiger partial charge in [0.2, 0.25) is 0 Å². The molecule has 1 aliphatic heterocycles. The SMILES string of the molecule is Cc1cccc(CCC(=O)CCC2CCCO2)c1. The molecule has 1 unspecified atom stereocenters. The molecule has 18 heavy (non-hydrogen) atoms. The van der Waals surface area contributed by atoms with Crippen LogP contribution in [0, 0.1) is 6.92 Å². The summed E-state index contributed by atoms with van der Waals surface area (Å²) in [5.74, 6) is 0.368. The number of ketones is 1. The van der Waals surface area contributed by atoms with Crippen molar-refractivity contribution in [3.05, 3.63) is 35.4 Å². The number of aryl methyl sites for hydroxylation is 2. The Morgan fingerprint density at radius 1 is 1.39 bits per heavy atom. The molecule has 2 nitrogen and oxygen atoms in total. The lowest BCUT2D eigenvalue weighted by Gasteiger charge is -2.08. The van der Waals surface area contributed by atoms with Crippen molar-refractivity contribution < 1.29 is 9.53 Å². The third-order valence-corrected chi connectivity index (χ3v) is 3.54. The lowest BCUT2D eigenvalue weighted by molar-refractivity contribution is -0.119. The van der Waals surface area contributed by atoms with Gasteiger partial charge in [-0.05, 0) is 38.2 Å². The van der Waals surface area contributed by atoms with Gasteiger partial charge in [0.1, 0.15) is 5.78 Å². The molecule has 1 aromatic carbocycles. The molecular formula is C16H22O2. The van der Waals surface area contributed by atoms with Crippen LogP contribution in [0.5, 0.6) is 0 Å². The molecule has 0 amide bonds. The van der Waals surface area contributed by atoms with Crippen LogP contribution in [0.3, 0.4) is 0 Å². The number of rotatable bonds is 6. The van der Waals surface area contributed by atoms with Gasteiger partial charge in [-0.15, -0.1) is 0 Å². The van der Waals surface area contributed by atoms with Gasteiger partial charge in [0.25, 0.3) is 0 Å². The smallest absolute Gasteiger partial charge is 0.133 e. The Balaban J connectivity index is 1.68. The van der Waals surface area contributed by atoms with Crippen molar-refractivity contribution in [3.8, 4) is 0 Å². The Hall–Kier alpha value is -1.15. The van der Waals surface area contributed by atoms with E-state index < -0.39 is 0 Å². The first-order chi connectivity index (χ1) is 8.74. The molecule has 0 aliphatic carbocycles. The second-order valence-electron chi connectivity index (χ2n) is 5.20. The van der Waals surface area contributed by atoms with Crippen LogP contribution < -0.4 is 0 Å². The fourth-order valence-electron chi connectivity index (χ4n) is 2.47. The molecule has 1 saturated heterocycles. The molecular weight excluding hydrogens is 224 g/mol. The zero-order valence-corrected chi connectivity index (χ0v) is 11.2. The highest BCUT2D eigenvalue weighted by Crippen LogP contribution is 2.17. The fraction of sp³-hybridized carbons (Fsp3) is 0.562.